The minimum absolute atomic E-state index is 0.393. The van der Waals surface area contributed by atoms with Crippen LogP contribution in [-0.4, -0.2) is 11.7 Å². The molecule has 17 heavy (non-hydrogen) atoms. The quantitative estimate of drug-likeness (QED) is 0.377. The molecule has 2 rings (SSSR count). The van der Waals surface area contributed by atoms with Gasteiger partial charge in [-0.1, -0.05) is 28.5 Å². The van der Waals surface area contributed by atoms with Crippen molar-refractivity contribution in [1.82, 2.24) is 5.16 Å². The lowest BCUT2D eigenvalue weighted by molar-refractivity contribution is 0.460. The molecule has 0 atom stereocenters. The molecule has 0 aliphatic rings. The first kappa shape index (κ1) is 11.0. The number of azide groups is 1. The Morgan fingerprint density at radius 2 is 2.41 bits per heavy atom. The fourth-order valence-electron chi connectivity index (χ4n) is 1.47. The number of hydrogen-bond donors (Lipinski definition) is 1. The summed E-state index contributed by atoms with van der Waals surface area (Å²) in [5.74, 6) is 0.393. The number of fused-ring (bicyclic) bond motifs is 1. The molecule has 1 heterocycles. The fourth-order valence-corrected chi connectivity index (χ4v) is 1.47. The van der Waals surface area contributed by atoms with E-state index >= 15 is 0 Å². The lowest BCUT2D eigenvalue weighted by Gasteiger charge is -1.93. The Morgan fingerprint density at radius 1 is 1.53 bits per heavy atom. The van der Waals surface area contributed by atoms with Crippen LogP contribution in [-0.2, 0) is 0 Å². The average Bonchev–Trinajstić information content (AvgIpc) is 2.71. The third-order valence-corrected chi connectivity index (χ3v) is 2.29. The maximum Gasteiger partial charge on any atom is 0.174 e. The molecule has 0 aliphatic heterocycles. The zero-order chi connectivity index (χ0) is 12.1. The Balaban J connectivity index is 2.13. The first-order chi connectivity index (χ1) is 8.31. The van der Waals surface area contributed by atoms with Gasteiger partial charge in [0.2, 0.25) is 0 Å². The van der Waals surface area contributed by atoms with Crippen molar-refractivity contribution in [2.75, 3.05) is 12.3 Å². The summed E-state index contributed by atoms with van der Waals surface area (Å²) in [4.78, 5) is 2.68. The van der Waals surface area contributed by atoms with Gasteiger partial charge in [-0.25, -0.2) is 0 Å². The van der Waals surface area contributed by atoms with Gasteiger partial charge in [-0.3, -0.25) is 0 Å². The van der Waals surface area contributed by atoms with Gasteiger partial charge in [-0.2, -0.15) is 0 Å². The molecule has 6 nitrogen and oxygen atoms in total. The zero-order valence-corrected chi connectivity index (χ0v) is 9.08. The Labute approximate surface area is 97.3 Å². The molecule has 0 amide bonds. The molecule has 1 aromatic heterocycles. The standard InChI is InChI=1S/C11H11N5O/c12-11-9-7-8(3-1-2-6-14-16-13)4-5-10(9)17-15-11/h1,3-5,7H,2,6H2,(H2,12,15). The number of nitrogens with zero attached hydrogens (tertiary/aromatic N) is 4. The molecule has 1 aromatic carbocycles. The number of nitrogen functional groups attached to an aromatic ring is 1. The smallest absolute Gasteiger partial charge is 0.174 e. The van der Waals surface area contributed by atoms with Crippen LogP contribution in [0.3, 0.4) is 0 Å². The summed E-state index contributed by atoms with van der Waals surface area (Å²) >= 11 is 0. The van der Waals surface area contributed by atoms with Crippen molar-refractivity contribution in [2.24, 2.45) is 5.11 Å². The molecule has 0 saturated heterocycles. The van der Waals surface area contributed by atoms with Crippen LogP contribution in [0.15, 0.2) is 33.9 Å². The Hall–Kier alpha value is -2.46. The molecule has 86 valence electrons. The number of anilines is 1. The predicted molar refractivity (Wildman–Crippen MR) is 66.1 cm³/mol. The van der Waals surface area contributed by atoms with E-state index in [1.807, 2.05) is 30.4 Å². The van der Waals surface area contributed by atoms with E-state index in [9.17, 15) is 0 Å². The second kappa shape index (κ2) is 5.05. The van der Waals surface area contributed by atoms with Crippen LogP contribution in [0.5, 0.6) is 0 Å². The highest BCUT2D eigenvalue weighted by molar-refractivity contribution is 5.88. The lowest BCUT2D eigenvalue weighted by atomic mass is 10.1. The van der Waals surface area contributed by atoms with Crippen LogP contribution < -0.4 is 5.73 Å². The van der Waals surface area contributed by atoms with Gasteiger partial charge in [0, 0.05) is 11.5 Å². The largest absolute Gasteiger partial charge is 0.380 e. The molecule has 0 fully saturated rings. The van der Waals surface area contributed by atoms with E-state index in [2.05, 4.69) is 15.2 Å². The first-order valence-corrected chi connectivity index (χ1v) is 5.13. The molecular formula is C11H11N5O. The summed E-state index contributed by atoms with van der Waals surface area (Å²) in [5, 5.41) is 7.93. The molecule has 0 saturated carbocycles. The number of rotatable bonds is 4. The maximum absolute atomic E-state index is 8.11. The second-order valence-electron chi connectivity index (χ2n) is 3.47. The summed E-state index contributed by atoms with van der Waals surface area (Å²) < 4.78 is 5.01. The first-order valence-electron chi connectivity index (χ1n) is 5.13. The van der Waals surface area contributed by atoms with Crippen LogP contribution in [0.1, 0.15) is 12.0 Å². The van der Waals surface area contributed by atoms with Gasteiger partial charge in [0.15, 0.2) is 11.4 Å². The van der Waals surface area contributed by atoms with Crippen LogP contribution in [0.2, 0.25) is 0 Å². The van der Waals surface area contributed by atoms with Crippen LogP contribution in [0.4, 0.5) is 5.82 Å². The van der Waals surface area contributed by atoms with Crippen molar-refractivity contribution in [3.05, 3.63) is 40.3 Å². The summed E-state index contributed by atoms with van der Waals surface area (Å²) in [5.41, 5.74) is 15.4. The highest BCUT2D eigenvalue weighted by Gasteiger charge is 2.03. The van der Waals surface area contributed by atoms with Gasteiger partial charge >= 0.3 is 0 Å². The van der Waals surface area contributed by atoms with E-state index in [0.717, 1.165) is 10.9 Å². The third-order valence-electron chi connectivity index (χ3n) is 2.29. The number of aromatic nitrogens is 1. The van der Waals surface area contributed by atoms with Crippen molar-refractivity contribution >= 4 is 22.9 Å². The molecule has 0 radical (unpaired) electrons. The molecular weight excluding hydrogens is 218 g/mol. The van der Waals surface area contributed by atoms with Crippen LogP contribution >= 0.6 is 0 Å². The van der Waals surface area contributed by atoms with Gasteiger partial charge < -0.3 is 10.3 Å². The lowest BCUT2D eigenvalue weighted by Crippen LogP contribution is -1.83. The minimum atomic E-state index is 0.393. The van der Waals surface area contributed by atoms with E-state index in [-0.39, 0.29) is 0 Å². The van der Waals surface area contributed by atoms with Gasteiger partial charge in [-0.15, -0.1) is 0 Å². The van der Waals surface area contributed by atoms with E-state index in [1.165, 1.54) is 0 Å². The average molecular weight is 229 g/mol. The van der Waals surface area contributed by atoms with Gasteiger partial charge in [0.05, 0.1) is 5.39 Å². The zero-order valence-electron chi connectivity index (χ0n) is 9.08. The summed E-state index contributed by atoms with van der Waals surface area (Å²) in [7, 11) is 0. The predicted octanol–water partition coefficient (Wildman–Crippen LogP) is 3.12. The van der Waals surface area contributed by atoms with E-state index in [0.29, 0.717) is 24.4 Å². The highest BCUT2D eigenvalue weighted by Crippen LogP contribution is 2.22. The topological polar surface area (TPSA) is 101 Å². The molecule has 0 unspecified atom stereocenters. The van der Waals surface area contributed by atoms with Gasteiger partial charge in [-0.05, 0) is 29.6 Å². The Morgan fingerprint density at radius 3 is 3.24 bits per heavy atom. The van der Waals surface area contributed by atoms with Gasteiger partial charge in [0.25, 0.3) is 0 Å². The summed E-state index contributed by atoms with van der Waals surface area (Å²) in [6.07, 6.45) is 4.60. The van der Waals surface area contributed by atoms with Crippen molar-refractivity contribution in [1.29, 1.82) is 0 Å². The second-order valence-corrected chi connectivity index (χ2v) is 3.47. The number of nitrogens with two attached hydrogens (primary N) is 1. The van der Waals surface area contributed by atoms with E-state index in [1.54, 1.807) is 0 Å². The number of hydrogen-bond acceptors (Lipinski definition) is 4. The molecule has 0 spiro atoms. The van der Waals surface area contributed by atoms with Gasteiger partial charge in [0.1, 0.15) is 0 Å². The Kier molecular flexibility index (Phi) is 3.28. The van der Waals surface area contributed by atoms with Crippen molar-refractivity contribution in [2.45, 2.75) is 6.42 Å². The fraction of sp³-hybridized carbons (Fsp3) is 0.182. The summed E-state index contributed by atoms with van der Waals surface area (Å²) in [6.45, 7) is 0.463. The molecule has 2 aromatic rings. The normalized spacial score (nSPS) is 10.8. The minimum Gasteiger partial charge on any atom is -0.380 e. The highest BCUT2D eigenvalue weighted by atomic mass is 16.5. The van der Waals surface area contributed by atoms with E-state index < -0.39 is 0 Å². The SMILES string of the molecule is [N-]=[N+]=NCCC=Cc1ccc2onc(N)c2c1. The van der Waals surface area contributed by atoms with Crippen molar-refractivity contribution in [3.8, 4) is 0 Å². The molecule has 2 N–H and O–H groups in total. The molecule has 6 heteroatoms. The maximum atomic E-state index is 8.11. The third kappa shape index (κ3) is 2.56. The van der Waals surface area contributed by atoms with Crippen LogP contribution in [0.25, 0.3) is 27.5 Å². The van der Waals surface area contributed by atoms with Crippen molar-refractivity contribution < 1.29 is 4.52 Å². The number of benzene rings is 1. The molecule has 0 aliphatic carbocycles. The van der Waals surface area contributed by atoms with Crippen molar-refractivity contribution in [3.63, 3.8) is 0 Å². The van der Waals surface area contributed by atoms with Crippen LogP contribution in [0, 0.1) is 0 Å². The monoisotopic (exact) mass is 229 g/mol. The van der Waals surface area contributed by atoms with E-state index in [4.69, 9.17) is 15.8 Å². The Bertz CT molecular complexity index is 595. The molecule has 0 bridgehead atoms. The summed E-state index contributed by atoms with van der Waals surface area (Å²) in [6, 6.07) is 5.65.